The molecule has 2 rings (SSSR count). The second kappa shape index (κ2) is 5.07. The standard InChI is InChI=1S/C12H16N2O2/c15-11-6-8-14(9-11)12(16)5-4-10-3-1-2-7-13-10/h1-3,7,11,15H,4-6,8-9H2. The van der Waals surface area contributed by atoms with Crippen LogP contribution in [0.2, 0.25) is 0 Å². The van der Waals surface area contributed by atoms with Gasteiger partial charge in [0.2, 0.25) is 5.91 Å². The van der Waals surface area contributed by atoms with Crippen LogP contribution >= 0.6 is 0 Å². The van der Waals surface area contributed by atoms with E-state index in [1.807, 2.05) is 18.2 Å². The van der Waals surface area contributed by atoms with Crippen LogP contribution in [0.5, 0.6) is 0 Å². The monoisotopic (exact) mass is 220 g/mol. The third-order valence-electron chi connectivity index (χ3n) is 2.84. The molecule has 1 atom stereocenters. The fourth-order valence-corrected chi connectivity index (χ4v) is 1.91. The third kappa shape index (κ3) is 2.79. The second-order valence-electron chi connectivity index (χ2n) is 4.10. The maximum absolute atomic E-state index is 11.8. The predicted octanol–water partition coefficient (Wildman–Crippen LogP) is 0.607. The summed E-state index contributed by atoms with van der Waals surface area (Å²) in [4.78, 5) is 17.7. The molecule has 1 fully saturated rings. The Kier molecular flexibility index (Phi) is 3.51. The average Bonchev–Trinajstić information content (AvgIpc) is 2.74. The fraction of sp³-hybridized carbons (Fsp3) is 0.500. The Hall–Kier alpha value is -1.42. The van der Waals surface area contributed by atoms with Crippen LogP contribution in [-0.4, -0.2) is 40.1 Å². The topological polar surface area (TPSA) is 53.4 Å². The predicted molar refractivity (Wildman–Crippen MR) is 59.8 cm³/mol. The molecule has 0 bridgehead atoms. The lowest BCUT2D eigenvalue weighted by molar-refractivity contribution is -0.130. The van der Waals surface area contributed by atoms with E-state index in [1.165, 1.54) is 0 Å². The molecule has 1 aromatic rings. The molecule has 1 unspecified atom stereocenters. The zero-order valence-electron chi connectivity index (χ0n) is 9.17. The van der Waals surface area contributed by atoms with Crippen molar-refractivity contribution in [1.29, 1.82) is 0 Å². The Morgan fingerprint density at radius 1 is 1.56 bits per heavy atom. The lowest BCUT2D eigenvalue weighted by Gasteiger charge is -2.14. The van der Waals surface area contributed by atoms with E-state index in [2.05, 4.69) is 4.98 Å². The number of aromatic nitrogens is 1. The molecule has 16 heavy (non-hydrogen) atoms. The Bertz CT molecular complexity index is 353. The van der Waals surface area contributed by atoms with Crippen LogP contribution in [0.15, 0.2) is 24.4 Å². The lowest BCUT2D eigenvalue weighted by Crippen LogP contribution is -2.29. The van der Waals surface area contributed by atoms with E-state index in [-0.39, 0.29) is 12.0 Å². The number of likely N-dealkylation sites (tertiary alicyclic amines) is 1. The van der Waals surface area contributed by atoms with E-state index in [1.54, 1.807) is 11.1 Å². The summed E-state index contributed by atoms with van der Waals surface area (Å²) in [5, 5.41) is 9.33. The van der Waals surface area contributed by atoms with Crippen LogP contribution in [0, 0.1) is 0 Å². The van der Waals surface area contributed by atoms with Gasteiger partial charge in [0.15, 0.2) is 0 Å². The molecule has 1 aliphatic heterocycles. The lowest BCUT2D eigenvalue weighted by atomic mass is 10.2. The van der Waals surface area contributed by atoms with Crippen molar-refractivity contribution in [1.82, 2.24) is 9.88 Å². The number of aliphatic hydroxyl groups is 1. The van der Waals surface area contributed by atoms with Gasteiger partial charge in [-0.2, -0.15) is 0 Å². The van der Waals surface area contributed by atoms with Crippen molar-refractivity contribution in [3.05, 3.63) is 30.1 Å². The summed E-state index contributed by atoms with van der Waals surface area (Å²) >= 11 is 0. The molecule has 1 aromatic heterocycles. The highest BCUT2D eigenvalue weighted by Crippen LogP contribution is 2.11. The first-order valence-corrected chi connectivity index (χ1v) is 5.61. The maximum atomic E-state index is 11.8. The summed E-state index contributed by atoms with van der Waals surface area (Å²) in [7, 11) is 0. The molecule has 1 aliphatic rings. The molecule has 0 saturated carbocycles. The molecule has 4 heteroatoms. The van der Waals surface area contributed by atoms with Crippen LogP contribution in [0.25, 0.3) is 0 Å². The molecule has 86 valence electrons. The number of aliphatic hydroxyl groups excluding tert-OH is 1. The number of β-amino-alcohol motifs (C(OH)–C–C–N with tert-alkyl or cyclic N) is 1. The van der Waals surface area contributed by atoms with Crippen molar-refractivity contribution in [2.75, 3.05) is 13.1 Å². The van der Waals surface area contributed by atoms with E-state index in [4.69, 9.17) is 0 Å². The van der Waals surface area contributed by atoms with Gasteiger partial charge in [0.25, 0.3) is 0 Å². The van der Waals surface area contributed by atoms with Crippen molar-refractivity contribution in [2.24, 2.45) is 0 Å². The molecule has 1 N–H and O–H groups in total. The summed E-state index contributed by atoms with van der Waals surface area (Å²) in [6.45, 7) is 1.17. The largest absolute Gasteiger partial charge is 0.391 e. The summed E-state index contributed by atoms with van der Waals surface area (Å²) < 4.78 is 0. The van der Waals surface area contributed by atoms with E-state index in [0.29, 0.717) is 32.4 Å². The average molecular weight is 220 g/mol. The Morgan fingerprint density at radius 3 is 3.06 bits per heavy atom. The van der Waals surface area contributed by atoms with Crippen molar-refractivity contribution in [3.8, 4) is 0 Å². The molecule has 1 saturated heterocycles. The van der Waals surface area contributed by atoms with Gasteiger partial charge in [-0.3, -0.25) is 9.78 Å². The minimum absolute atomic E-state index is 0.113. The van der Waals surface area contributed by atoms with Gasteiger partial charge in [-0.15, -0.1) is 0 Å². The summed E-state index contributed by atoms with van der Waals surface area (Å²) in [6.07, 6.45) is 3.25. The smallest absolute Gasteiger partial charge is 0.223 e. The van der Waals surface area contributed by atoms with Gasteiger partial charge in [-0.1, -0.05) is 6.07 Å². The SMILES string of the molecule is O=C(CCc1ccccn1)N1CCC(O)C1. The van der Waals surface area contributed by atoms with Gasteiger partial charge in [0, 0.05) is 31.4 Å². The van der Waals surface area contributed by atoms with E-state index in [9.17, 15) is 9.90 Å². The van der Waals surface area contributed by atoms with Crippen LogP contribution in [-0.2, 0) is 11.2 Å². The normalized spacial score (nSPS) is 20.1. The number of carbonyl (C=O) groups excluding carboxylic acids is 1. The number of amides is 1. The third-order valence-corrected chi connectivity index (χ3v) is 2.84. The van der Waals surface area contributed by atoms with Gasteiger partial charge in [-0.05, 0) is 25.0 Å². The maximum Gasteiger partial charge on any atom is 0.223 e. The minimum atomic E-state index is -0.334. The zero-order valence-corrected chi connectivity index (χ0v) is 9.17. The van der Waals surface area contributed by atoms with Crippen molar-refractivity contribution >= 4 is 5.91 Å². The highest BCUT2D eigenvalue weighted by Gasteiger charge is 2.23. The van der Waals surface area contributed by atoms with Crippen molar-refractivity contribution < 1.29 is 9.90 Å². The van der Waals surface area contributed by atoms with Crippen LogP contribution in [0.3, 0.4) is 0 Å². The highest BCUT2D eigenvalue weighted by molar-refractivity contribution is 5.76. The quantitative estimate of drug-likeness (QED) is 0.812. The molecule has 0 aliphatic carbocycles. The summed E-state index contributed by atoms with van der Waals surface area (Å²) in [5.41, 5.74) is 0.940. The first-order valence-electron chi connectivity index (χ1n) is 5.61. The Morgan fingerprint density at radius 2 is 2.44 bits per heavy atom. The first kappa shape index (κ1) is 11.1. The van der Waals surface area contributed by atoms with E-state index >= 15 is 0 Å². The Balaban J connectivity index is 1.80. The van der Waals surface area contributed by atoms with Gasteiger partial charge in [0.05, 0.1) is 6.10 Å². The molecule has 2 heterocycles. The number of pyridine rings is 1. The van der Waals surface area contributed by atoms with Gasteiger partial charge >= 0.3 is 0 Å². The number of rotatable bonds is 3. The highest BCUT2D eigenvalue weighted by atomic mass is 16.3. The molecule has 0 radical (unpaired) electrons. The Labute approximate surface area is 94.9 Å². The summed E-state index contributed by atoms with van der Waals surface area (Å²) in [6, 6.07) is 5.71. The summed E-state index contributed by atoms with van der Waals surface area (Å²) in [5.74, 6) is 0.113. The van der Waals surface area contributed by atoms with Crippen LogP contribution in [0.1, 0.15) is 18.5 Å². The number of hydrogen-bond acceptors (Lipinski definition) is 3. The molecule has 0 aromatic carbocycles. The number of aryl methyl sites for hydroxylation is 1. The van der Waals surface area contributed by atoms with Gasteiger partial charge < -0.3 is 10.0 Å². The molecular formula is C12H16N2O2. The molecular weight excluding hydrogens is 204 g/mol. The number of carbonyl (C=O) groups is 1. The van der Waals surface area contributed by atoms with Crippen LogP contribution in [0.4, 0.5) is 0 Å². The second-order valence-corrected chi connectivity index (χ2v) is 4.10. The molecule has 0 spiro atoms. The number of hydrogen-bond donors (Lipinski definition) is 1. The van der Waals surface area contributed by atoms with E-state index in [0.717, 1.165) is 5.69 Å². The van der Waals surface area contributed by atoms with Crippen molar-refractivity contribution in [3.63, 3.8) is 0 Å². The fourth-order valence-electron chi connectivity index (χ4n) is 1.91. The molecule has 4 nitrogen and oxygen atoms in total. The van der Waals surface area contributed by atoms with Gasteiger partial charge in [-0.25, -0.2) is 0 Å². The number of nitrogens with zero attached hydrogens (tertiary/aromatic N) is 2. The molecule has 1 amide bonds. The zero-order chi connectivity index (χ0) is 11.4. The van der Waals surface area contributed by atoms with Crippen molar-refractivity contribution in [2.45, 2.75) is 25.4 Å². The van der Waals surface area contributed by atoms with Gasteiger partial charge in [0.1, 0.15) is 0 Å². The van der Waals surface area contributed by atoms with Crippen LogP contribution < -0.4 is 0 Å². The first-order chi connectivity index (χ1) is 7.75. The van der Waals surface area contributed by atoms with E-state index < -0.39 is 0 Å². The minimum Gasteiger partial charge on any atom is -0.391 e.